The number of likely N-dealkylation sites (N-methyl/N-ethyl adjacent to an activating group) is 1. The second-order valence-corrected chi connectivity index (χ2v) is 4.28. The van der Waals surface area contributed by atoms with Crippen LogP contribution in [0, 0.1) is 0 Å². The van der Waals surface area contributed by atoms with E-state index in [2.05, 4.69) is 10.2 Å². The van der Waals surface area contributed by atoms with Crippen molar-refractivity contribution in [1.82, 2.24) is 10.2 Å². The summed E-state index contributed by atoms with van der Waals surface area (Å²) < 4.78 is 41.0. The Hall–Kier alpha value is -0.330. The lowest BCUT2D eigenvalue weighted by Gasteiger charge is -2.29. The summed E-state index contributed by atoms with van der Waals surface area (Å²) in [6, 6.07) is 0.414. The van der Waals surface area contributed by atoms with Crippen LogP contribution in [0.15, 0.2) is 0 Å². The summed E-state index contributed by atoms with van der Waals surface area (Å²) in [4.78, 5) is 2.08. The molecule has 2 atom stereocenters. The molecule has 16 heavy (non-hydrogen) atoms. The van der Waals surface area contributed by atoms with Gasteiger partial charge in [-0.15, -0.1) is 0 Å². The quantitative estimate of drug-likeness (QED) is 0.782. The van der Waals surface area contributed by atoms with Gasteiger partial charge in [-0.25, -0.2) is 0 Å². The molecule has 0 radical (unpaired) electrons. The smallest absolute Gasteiger partial charge is 0.380 e. The number of nitrogens with one attached hydrogen (secondary N) is 1. The lowest BCUT2D eigenvalue weighted by molar-refractivity contribution is -0.125. The van der Waals surface area contributed by atoms with Crippen LogP contribution < -0.4 is 5.32 Å². The lowest BCUT2D eigenvalue weighted by Crippen LogP contribution is -2.45. The fraction of sp³-hybridized carbons (Fsp3) is 1.00. The molecular weight excluding hydrogens is 221 g/mol. The standard InChI is InChI=1S/C10H19F3N2O/c1-8(5-14-7-10(11,12)13)15(2)9-3-4-16-6-9/h8-9,14H,3-7H2,1-2H3. The molecule has 0 aromatic heterocycles. The predicted molar refractivity (Wildman–Crippen MR) is 55.4 cm³/mol. The van der Waals surface area contributed by atoms with E-state index in [0.29, 0.717) is 19.2 Å². The highest BCUT2D eigenvalue weighted by Gasteiger charge is 2.28. The third kappa shape index (κ3) is 4.67. The second-order valence-electron chi connectivity index (χ2n) is 4.28. The van der Waals surface area contributed by atoms with E-state index < -0.39 is 12.7 Å². The van der Waals surface area contributed by atoms with Gasteiger partial charge in [0, 0.05) is 25.2 Å². The summed E-state index contributed by atoms with van der Waals surface area (Å²) in [5.41, 5.74) is 0. The molecule has 0 aromatic rings. The maximum absolute atomic E-state index is 11.9. The second kappa shape index (κ2) is 5.84. The van der Waals surface area contributed by atoms with Gasteiger partial charge >= 0.3 is 6.18 Å². The Labute approximate surface area is 93.9 Å². The molecule has 1 rings (SSSR count). The SMILES string of the molecule is CC(CNCC(F)(F)F)N(C)C1CCOC1. The molecule has 1 aliphatic heterocycles. The third-order valence-electron chi connectivity index (χ3n) is 2.94. The topological polar surface area (TPSA) is 24.5 Å². The van der Waals surface area contributed by atoms with E-state index in [-0.39, 0.29) is 6.04 Å². The van der Waals surface area contributed by atoms with Crippen LogP contribution >= 0.6 is 0 Å². The number of halogens is 3. The summed E-state index contributed by atoms with van der Waals surface area (Å²) in [7, 11) is 1.93. The first-order valence-electron chi connectivity index (χ1n) is 5.47. The molecule has 0 spiro atoms. The molecule has 1 fully saturated rings. The molecule has 2 unspecified atom stereocenters. The highest BCUT2D eigenvalue weighted by Crippen LogP contribution is 2.14. The average Bonchev–Trinajstić information content (AvgIpc) is 2.67. The Balaban J connectivity index is 2.20. The van der Waals surface area contributed by atoms with Crippen molar-refractivity contribution in [2.24, 2.45) is 0 Å². The van der Waals surface area contributed by atoms with Crippen molar-refractivity contribution < 1.29 is 17.9 Å². The van der Waals surface area contributed by atoms with Crippen LogP contribution in [0.3, 0.4) is 0 Å². The molecule has 6 heteroatoms. The normalized spacial score (nSPS) is 24.0. The lowest BCUT2D eigenvalue weighted by atomic mass is 10.2. The first-order chi connectivity index (χ1) is 7.40. The molecule has 1 heterocycles. The van der Waals surface area contributed by atoms with E-state index in [1.807, 2.05) is 14.0 Å². The summed E-state index contributed by atoms with van der Waals surface area (Å²) in [6.07, 6.45) is -3.17. The number of alkyl halides is 3. The van der Waals surface area contributed by atoms with E-state index in [1.165, 1.54) is 0 Å². The molecule has 0 aliphatic carbocycles. The van der Waals surface area contributed by atoms with Gasteiger partial charge in [0.25, 0.3) is 0 Å². The Morgan fingerprint density at radius 2 is 2.19 bits per heavy atom. The van der Waals surface area contributed by atoms with Crippen LogP contribution in [0.25, 0.3) is 0 Å². The van der Waals surface area contributed by atoms with Crippen molar-refractivity contribution in [2.45, 2.75) is 31.6 Å². The maximum atomic E-state index is 11.9. The molecule has 1 aliphatic rings. The van der Waals surface area contributed by atoms with Crippen LogP contribution in [0.1, 0.15) is 13.3 Å². The molecule has 0 saturated carbocycles. The molecule has 0 aromatic carbocycles. The Kier molecular flexibility index (Phi) is 5.01. The minimum atomic E-state index is -4.13. The minimum Gasteiger partial charge on any atom is -0.380 e. The summed E-state index contributed by atoms with van der Waals surface area (Å²) in [5, 5.41) is 2.42. The minimum absolute atomic E-state index is 0.0778. The van der Waals surface area contributed by atoms with E-state index in [0.717, 1.165) is 13.0 Å². The maximum Gasteiger partial charge on any atom is 0.401 e. The number of ether oxygens (including phenoxy) is 1. The molecule has 0 bridgehead atoms. The van der Waals surface area contributed by atoms with Gasteiger partial charge in [-0.3, -0.25) is 4.90 Å². The number of nitrogens with zero attached hydrogens (tertiary/aromatic N) is 1. The fourth-order valence-electron chi connectivity index (χ4n) is 1.77. The fourth-order valence-corrected chi connectivity index (χ4v) is 1.77. The largest absolute Gasteiger partial charge is 0.401 e. The van der Waals surface area contributed by atoms with E-state index in [4.69, 9.17) is 4.74 Å². The molecule has 0 amide bonds. The zero-order valence-corrected chi connectivity index (χ0v) is 9.68. The van der Waals surface area contributed by atoms with Crippen molar-refractivity contribution in [3.63, 3.8) is 0 Å². The van der Waals surface area contributed by atoms with Crippen molar-refractivity contribution >= 4 is 0 Å². The highest BCUT2D eigenvalue weighted by atomic mass is 19.4. The molecule has 1 N–H and O–H groups in total. The summed E-state index contributed by atoms with van der Waals surface area (Å²) in [6.45, 7) is 2.76. The zero-order chi connectivity index (χ0) is 12.2. The summed E-state index contributed by atoms with van der Waals surface area (Å²) >= 11 is 0. The molecule has 3 nitrogen and oxygen atoms in total. The van der Waals surface area contributed by atoms with Crippen LogP contribution in [0.4, 0.5) is 13.2 Å². The van der Waals surface area contributed by atoms with Gasteiger partial charge in [-0.1, -0.05) is 0 Å². The van der Waals surface area contributed by atoms with Gasteiger partial charge in [0.2, 0.25) is 0 Å². The van der Waals surface area contributed by atoms with Gasteiger partial charge < -0.3 is 10.1 Å². The Morgan fingerprint density at radius 3 is 2.69 bits per heavy atom. The molecule has 1 saturated heterocycles. The summed E-state index contributed by atoms with van der Waals surface area (Å²) in [5.74, 6) is 0. The average molecular weight is 240 g/mol. The van der Waals surface area contributed by atoms with E-state index in [9.17, 15) is 13.2 Å². The van der Waals surface area contributed by atoms with Crippen molar-refractivity contribution in [3.8, 4) is 0 Å². The number of hydrogen-bond acceptors (Lipinski definition) is 3. The first kappa shape index (κ1) is 13.7. The van der Waals surface area contributed by atoms with Crippen LogP contribution in [-0.2, 0) is 4.74 Å². The molecule has 96 valence electrons. The van der Waals surface area contributed by atoms with E-state index >= 15 is 0 Å². The first-order valence-corrected chi connectivity index (χ1v) is 5.47. The van der Waals surface area contributed by atoms with Gasteiger partial charge in [0.1, 0.15) is 0 Å². The van der Waals surface area contributed by atoms with Crippen LogP contribution in [0.2, 0.25) is 0 Å². The monoisotopic (exact) mass is 240 g/mol. The number of hydrogen-bond donors (Lipinski definition) is 1. The van der Waals surface area contributed by atoms with Gasteiger partial charge in [0.15, 0.2) is 0 Å². The van der Waals surface area contributed by atoms with Crippen molar-refractivity contribution in [2.75, 3.05) is 33.4 Å². The number of rotatable bonds is 5. The zero-order valence-electron chi connectivity index (χ0n) is 9.68. The molecular formula is C10H19F3N2O. The van der Waals surface area contributed by atoms with Gasteiger partial charge in [0.05, 0.1) is 13.2 Å². The van der Waals surface area contributed by atoms with Gasteiger partial charge in [-0.2, -0.15) is 13.2 Å². The van der Waals surface area contributed by atoms with Crippen molar-refractivity contribution in [3.05, 3.63) is 0 Å². The van der Waals surface area contributed by atoms with Crippen molar-refractivity contribution in [1.29, 1.82) is 0 Å². The highest BCUT2D eigenvalue weighted by molar-refractivity contribution is 4.78. The van der Waals surface area contributed by atoms with Crippen LogP contribution in [-0.4, -0.2) is 56.5 Å². The predicted octanol–water partition coefficient (Wildman–Crippen LogP) is 1.25. The van der Waals surface area contributed by atoms with Crippen LogP contribution in [0.5, 0.6) is 0 Å². The Morgan fingerprint density at radius 1 is 1.50 bits per heavy atom. The Bertz CT molecular complexity index is 205. The third-order valence-corrected chi connectivity index (χ3v) is 2.94. The van der Waals surface area contributed by atoms with Gasteiger partial charge in [-0.05, 0) is 20.4 Å². The van der Waals surface area contributed by atoms with E-state index in [1.54, 1.807) is 0 Å².